The van der Waals surface area contributed by atoms with Crippen LogP contribution in [0.4, 0.5) is 13.2 Å². The van der Waals surface area contributed by atoms with E-state index < -0.39 is 12.7 Å². The number of aliphatic imine (C=N–C) groups is 1. The minimum absolute atomic E-state index is 0.0988. The van der Waals surface area contributed by atoms with E-state index in [0.29, 0.717) is 0 Å². The highest BCUT2D eigenvalue weighted by Gasteiger charge is 2.30. The smallest absolute Gasteiger partial charge is 0.336 e. The van der Waals surface area contributed by atoms with Gasteiger partial charge in [-0.15, -0.1) is 0 Å². The van der Waals surface area contributed by atoms with Gasteiger partial charge in [0.1, 0.15) is 6.54 Å². The van der Waals surface area contributed by atoms with E-state index in [2.05, 4.69) is 10.4 Å². The Hall–Kier alpha value is -0.980. The van der Waals surface area contributed by atoms with E-state index in [1.54, 1.807) is 0 Å². The van der Waals surface area contributed by atoms with Crippen LogP contribution in [0, 0.1) is 0 Å². The zero-order valence-electron chi connectivity index (χ0n) is 9.22. The highest BCUT2D eigenvalue weighted by atomic mass is 19.4. The number of guanidine groups is 1. The van der Waals surface area contributed by atoms with Crippen molar-refractivity contribution in [2.24, 2.45) is 10.8 Å². The first-order valence-corrected chi connectivity index (χ1v) is 5.24. The first-order valence-electron chi connectivity index (χ1n) is 5.24. The fourth-order valence-corrected chi connectivity index (χ4v) is 1.80. The van der Waals surface area contributed by atoms with Crippen molar-refractivity contribution in [2.75, 3.05) is 13.6 Å². The van der Waals surface area contributed by atoms with Crippen LogP contribution < -0.4 is 11.3 Å². The largest absolute Gasteiger partial charge is 0.406 e. The van der Waals surface area contributed by atoms with Crippen molar-refractivity contribution >= 4 is 5.96 Å². The van der Waals surface area contributed by atoms with Crippen molar-refractivity contribution in [2.45, 2.75) is 37.9 Å². The Morgan fingerprint density at radius 1 is 1.44 bits per heavy atom. The third kappa shape index (κ3) is 4.26. The molecule has 4 nitrogen and oxygen atoms in total. The second-order valence-corrected chi connectivity index (χ2v) is 4.01. The summed E-state index contributed by atoms with van der Waals surface area (Å²) < 4.78 is 36.5. The summed E-state index contributed by atoms with van der Waals surface area (Å²) >= 11 is 0. The molecule has 0 spiro atoms. The Kier molecular flexibility index (Phi) is 4.40. The van der Waals surface area contributed by atoms with Crippen LogP contribution >= 0.6 is 0 Å². The van der Waals surface area contributed by atoms with Crippen molar-refractivity contribution < 1.29 is 13.2 Å². The minimum atomic E-state index is -4.25. The van der Waals surface area contributed by atoms with Gasteiger partial charge < -0.3 is 4.90 Å². The third-order valence-electron chi connectivity index (χ3n) is 2.54. The normalized spacial score (nSPS) is 18.9. The van der Waals surface area contributed by atoms with Crippen LogP contribution in [0.1, 0.15) is 25.7 Å². The predicted molar refractivity (Wildman–Crippen MR) is 55.7 cm³/mol. The number of nitrogens with two attached hydrogens (primary N) is 1. The number of nitrogens with one attached hydrogen (secondary N) is 1. The maximum absolute atomic E-state index is 12.2. The van der Waals surface area contributed by atoms with Crippen LogP contribution in [-0.2, 0) is 0 Å². The van der Waals surface area contributed by atoms with Gasteiger partial charge in [0.2, 0.25) is 5.96 Å². The Morgan fingerprint density at radius 2 is 2.00 bits per heavy atom. The lowest BCUT2D eigenvalue weighted by molar-refractivity contribution is -0.136. The third-order valence-corrected chi connectivity index (χ3v) is 2.54. The highest BCUT2D eigenvalue weighted by molar-refractivity contribution is 5.79. The van der Waals surface area contributed by atoms with Crippen molar-refractivity contribution in [3.63, 3.8) is 0 Å². The van der Waals surface area contributed by atoms with Gasteiger partial charge >= 0.3 is 6.18 Å². The molecule has 0 aromatic carbocycles. The molecule has 0 saturated heterocycles. The van der Waals surface area contributed by atoms with E-state index >= 15 is 0 Å². The quantitative estimate of drug-likeness (QED) is 0.329. The van der Waals surface area contributed by atoms with Gasteiger partial charge in [-0.3, -0.25) is 5.43 Å². The summed E-state index contributed by atoms with van der Waals surface area (Å²) in [4.78, 5) is 5.17. The zero-order valence-corrected chi connectivity index (χ0v) is 9.22. The first-order chi connectivity index (χ1) is 7.42. The van der Waals surface area contributed by atoms with E-state index in [1.807, 2.05) is 0 Å². The molecular formula is C9H17F3N4. The number of hydrazine groups is 1. The fourth-order valence-electron chi connectivity index (χ4n) is 1.80. The summed E-state index contributed by atoms with van der Waals surface area (Å²) in [5, 5.41) is 0. The molecule has 1 aliphatic rings. The standard InChI is InChI=1S/C9H17F3N4/c1-16(6-9(10,11)12)8(15-13)14-7-4-2-3-5-7/h7H,2-6,13H2,1H3,(H,14,15). The maximum atomic E-state index is 12.2. The molecule has 0 unspecified atom stereocenters. The first kappa shape index (κ1) is 13.1. The number of nitrogens with zero attached hydrogens (tertiary/aromatic N) is 2. The van der Waals surface area contributed by atoms with Crippen LogP contribution in [0.25, 0.3) is 0 Å². The zero-order chi connectivity index (χ0) is 12.2. The summed E-state index contributed by atoms with van der Waals surface area (Å²) in [6.07, 6.45) is -0.248. The van der Waals surface area contributed by atoms with Crippen LogP contribution in [-0.4, -0.2) is 36.7 Å². The van der Waals surface area contributed by atoms with Gasteiger partial charge in [-0.05, 0) is 12.8 Å². The average molecular weight is 238 g/mol. The Labute approximate surface area is 92.7 Å². The molecule has 1 fully saturated rings. The summed E-state index contributed by atoms with van der Waals surface area (Å²) in [5.74, 6) is 5.28. The molecule has 16 heavy (non-hydrogen) atoms. The molecule has 0 aromatic heterocycles. The van der Waals surface area contributed by atoms with Crippen LogP contribution in [0.2, 0.25) is 0 Å². The summed E-state index contributed by atoms with van der Waals surface area (Å²) in [5.41, 5.74) is 2.23. The Bertz CT molecular complexity index is 246. The molecule has 0 amide bonds. The lowest BCUT2D eigenvalue weighted by atomic mass is 10.3. The SMILES string of the molecule is CN(CC(F)(F)F)C(=NC1CCCC1)NN. The summed E-state index contributed by atoms with van der Waals surface area (Å²) in [7, 11) is 1.32. The molecule has 0 aromatic rings. The minimum Gasteiger partial charge on any atom is -0.336 e. The molecule has 1 aliphatic carbocycles. The average Bonchev–Trinajstić information content (AvgIpc) is 2.63. The van der Waals surface area contributed by atoms with Crippen LogP contribution in [0.15, 0.2) is 4.99 Å². The summed E-state index contributed by atoms with van der Waals surface area (Å²) in [6, 6.07) is 0.0988. The number of rotatable bonds is 2. The molecule has 7 heteroatoms. The summed E-state index contributed by atoms with van der Waals surface area (Å²) in [6.45, 7) is -1.05. The van der Waals surface area contributed by atoms with E-state index in [1.165, 1.54) is 7.05 Å². The molecule has 0 aliphatic heterocycles. The molecule has 1 saturated carbocycles. The van der Waals surface area contributed by atoms with E-state index in [-0.39, 0.29) is 12.0 Å². The molecule has 94 valence electrons. The molecule has 0 bridgehead atoms. The Balaban J connectivity index is 2.58. The molecule has 0 atom stereocenters. The lowest BCUT2D eigenvalue weighted by Gasteiger charge is -2.22. The lowest BCUT2D eigenvalue weighted by Crippen LogP contribution is -2.46. The highest BCUT2D eigenvalue weighted by Crippen LogP contribution is 2.21. The van der Waals surface area contributed by atoms with Crippen LogP contribution in [0.5, 0.6) is 0 Å². The maximum Gasteiger partial charge on any atom is 0.406 e. The van der Waals surface area contributed by atoms with E-state index in [0.717, 1.165) is 30.6 Å². The molecule has 0 heterocycles. The monoisotopic (exact) mass is 238 g/mol. The van der Waals surface area contributed by atoms with Crippen molar-refractivity contribution in [3.05, 3.63) is 0 Å². The van der Waals surface area contributed by atoms with Gasteiger partial charge in [0, 0.05) is 7.05 Å². The second-order valence-electron chi connectivity index (χ2n) is 4.01. The number of hydrogen-bond donors (Lipinski definition) is 2. The van der Waals surface area contributed by atoms with Gasteiger partial charge in [0.15, 0.2) is 0 Å². The van der Waals surface area contributed by atoms with E-state index in [9.17, 15) is 13.2 Å². The van der Waals surface area contributed by atoms with Gasteiger partial charge in [-0.2, -0.15) is 13.2 Å². The topological polar surface area (TPSA) is 53.6 Å². The second kappa shape index (κ2) is 5.38. The Morgan fingerprint density at radius 3 is 2.44 bits per heavy atom. The number of hydrogen-bond acceptors (Lipinski definition) is 2. The molecular weight excluding hydrogens is 221 g/mol. The van der Waals surface area contributed by atoms with Crippen molar-refractivity contribution in [1.82, 2.24) is 10.3 Å². The van der Waals surface area contributed by atoms with Crippen molar-refractivity contribution in [1.29, 1.82) is 0 Å². The van der Waals surface area contributed by atoms with Crippen LogP contribution in [0.3, 0.4) is 0 Å². The van der Waals surface area contributed by atoms with Gasteiger partial charge in [0.25, 0.3) is 0 Å². The molecule has 0 radical (unpaired) electrons. The predicted octanol–water partition coefficient (Wildman–Crippen LogP) is 1.24. The number of halogens is 3. The van der Waals surface area contributed by atoms with E-state index in [4.69, 9.17) is 5.84 Å². The van der Waals surface area contributed by atoms with Gasteiger partial charge in [0.05, 0.1) is 6.04 Å². The number of alkyl halides is 3. The van der Waals surface area contributed by atoms with Gasteiger partial charge in [-0.25, -0.2) is 10.8 Å². The molecule has 1 rings (SSSR count). The van der Waals surface area contributed by atoms with Crippen molar-refractivity contribution in [3.8, 4) is 0 Å². The van der Waals surface area contributed by atoms with Gasteiger partial charge in [-0.1, -0.05) is 12.8 Å². The fraction of sp³-hybridized carbons (Fsp3) is 0.889. The molecule has 3 N–H and O–H groups in total.